The molecular weight excluding hydrogens is 574 g/mol. The Morgan fingerprint density at radius 3 is 2.60 bits per heavy atom. The van der Waals surface area contributed by atoms with Gasteiger partial charge in [0.15, 0.2) is 12.3 Å². The summed E-state index contributed by atoms with van der Waals surface area (Å²) in [7, 11) is -4.20. The lowest BCUT2D eigenvalue weighted by Gasteiger charge is -2.17. The highest BCUT2D eigenvalue weighted by Gasteiger charge is 2.27. The number of nitriles is 1. The average molecular weight is 601 g/mol. The molecule has 4 aromatic rings. The zero-order valence-electron chi connectivity index (χ0n) is 22.3. The van der Waals surface area contributed by atoms with Gasteiger partial charge in [-0.2, -0.15) is 18.2 Å². The van der Waals surface area contributed by atoms with E-state index < -0.39 is 21.8 Å². The molecule has 5 rings (SSSR count). The Hall–Kier alpha value is -4.76. The quantitative estimate of drug-likeness (QED) is 0.141. The molecule has 42 heavy (non-hydrogen) atoms. The number of allylic oxidation sites excluding steroid dienone is 4. The Morgan fingerprint density at radius 2 is 1.86 bits per heavy atom. The SMILES string of the molecule is N#Cc1ccc2sc(C=CC=CC=C3Oc4ccc(-c5ccccc5)cc4N3CCS(=O)(=O)O)[n+](CCC(=O)O)c2c1. The van der Waals surface area contributed by atoms with E-state index in [2.05, 4.69) is 6.07 Å². The second-order valence-electron chi connectivity index (χ2n) is 9.37. The van der Waals surface area contributed by atoms with E-state index in [9.17, 15) is 28.1 Å². The van der Waals surface area contributed by atoms with E-state index in [1.165, 1.54) is 11.3 Å². The van der Waals surface area contributed by atoms with Crippen LogP contribution in [0.4, 0.5) is 5.69 Å². The lowest BCUT2D eigenvalue weighted by Crippen LogP contribution is -2.36. The third kappa shape index (κ3) is 6.75. The highest BCUT2D eigenvalue weighted by atomic mass is 32.2. The summed E-state index contributed by atoms with van der Waals surface area (Å²) in [6.07, 6.45) is 8.85. The second-order valence-corrected chi connectivity index (χ2v) is 12.0. The fourth-order valence-corrected chi connectivity index (χ4v) is 6.04. The van der Waals surface area contributed by atoms with Crippen LogP contribution in [0.1, 0.15) is 17.0 Å². The van der Waals surface area contributed by atoms with Crippen molar-refractivity contribution in [2.45, 2.75) is 13.0 Å². The van der Waals surface area contributed by atoms with Crippen LogP contribution in [0.25, 0.3) is 27.4 Å². The molecule has 212 valence electrons. The number of nitrogens with zero attached hydrogens (tertiary/aromatic N) is 3. The molecule has 2 heterocycles. The molecule has 1 aliphatic heterocycles. The topological polar surface area (TPSA) is 132 Å². The summed E-state index contributed by atoms with van der Waals surface area (Å²) in [4.78, 5) is 12.9. The Kier molecular flexibility index (Phi) is 8.49. The Labute approximate surface area is 246 Å². The number of aliphatic carboxylic acids is 1. The molecule has 0 spiro atoms. The van der Waals surface area contributed by atoms with Gasteiger partial charge in [-0.25, -0.2) is 0 Å². The van der Waals surface area contributed by atoms with Crippen molar-refractivity contribution in [1.29, 1.82) is 5.26 Å². The number of hydrogen-bond donors (Lipinski definition) is 2. The van der Waals surface area contributed by atoms with Crippen LogP contribution in [0.2, 0.25) is 0 Å². The van der Waals surface area contributed by atoms with Crippen molar-refractivity contribution in [2.24, 2.45) is 0 Å². The minimum Gasteiger partial charge on any atom is -0.481 e. The Balaban J connectivity index is 1.40. The van der Waals surface area contributed by atoms with Crippen LogP contribution in [0, 0.1) is 11.3 Å². The normalized spacial score (nSPS) is 14.1. The summed E-state index contributed by atoms with van der Waals surface area (Å²) in [6, 6.07) is 22.9. The van der Waals surface area contributed by atoms with Gasteiger partial charge in [-0.3, -0.25) is 9.35 Å². The molecule has 0 unspecified atom stereocenters. The monoisotopic (exact) mass is 600 g/mol. The minimum atomic E-state index is -4.20. The third-order valence-corrected chi connectivity index (χ3v) is 8.35. The van der Waals surface area contributed by atoms with Crippen LogP contribution in [-0.2, 0) is 21.5 Å². The molecule has 0 saturated carbocycles. The van der Waals surface area contributed by atoms with Crippen LogP contribution in [0.3, 0.4) is 0 Å². The maximum Gasteiger partial charge on any atom is 0.309 e. The summed E-state index contributed by atoms with van der Waals surface area (Å²) < 4.78 is 41.3. The van der Waals surface area contributed by atoms with Crippen LogP contribution in [-0.4, -0.2) is 36.3 Å². The molecule has 0 amide bonds. The van der Waals surface area contributed by atoms with Gasteiger partial charge in [0.25, 0.3) is 15.1 Å². The largest absolute Gasteiger partial charge is 0.481 e. The van der Waals surface area contributed by atoms with Crippen molar-refractivity contribution < 1.29 is 32.2 Å². The van der Waals surface area contributed by atoms with Gasteiger partial charge in [0, 0.05) is 18.7 Å². The number of benzene rings is 3. The molecule has 9 nitrogen and oxygen atoms in total. The Bertz CT molecular complexity index is 1890. The van der Waals surface area contributed by atoms with E-state index in [0.29, 0.717) is 22.9 Å². The summed E-state index contributed by atoms with van der Waals surface area (Å²) >= 11 is 1.49. The molecule has 0 radical (unpaired) electrons. The van der Waals surface area contributed by atoms with E-state index >= 15 is 0 Å². The fourth-order valence-electron chi connectivity index (χ4n) is 4.55. The van der Waals surface area contributed by atoms with E-state index in [-0.39, 0.29) is 19.5 Å². The van der Waals surface area contributed by atoms with Gasteiger partial charge in [0.05, 0.1) is 23.1 Å². The first-order valence-electron chi connectivity index (χ1n) is 13.0. The molecular formula is C31H26N3O6S2+. The summed E-state index contributed by atoms with van der Waals surface area (Å²) in [5.41, 5.74) is 3.93. The molecule has 0 bridgehead atoms. The molecule has 2 N–H and O–H groups in total. The van der Waals surface area contributed by atoms with Crippen molar-refractivity contribution >= 4 is 49.4 Å². The summed E-state index contributed by atoms with van der Waals surface area (Å²) in [5, 5.41) is 19.3. The van der Waals surface area contributed by atoms with E-state index in [4.69, 9.17) is 4.74 Å². The molecule has 0 atom stereocenters. The van der Waals surface area contributed by atoms with Crippen LogP contribution in [0.5, 0.6) is 5.75 Å². The van der Waals surface area contributed by atoms with Crippen LogP contribution in [0.15, 0.2) is 96.9 Å². The number of aromatic nitrogens is 1. The predicted octanol–water partition coefficient (Wildman–Crippen LogP) is 5.40. The summed E-state index contributed by atoms with van der Waals surface area (Å²) in [5.74, 6) is -0.401. The zero-order chi connectivity index (χ0) is 29.7. The number of rotatable bonds is 10. The molecule has 0 fully saturated rings. The maximum absolute atomic E-state index is 11.5. The van der Waals surface area contributed by atoms with Gasteiger partial charge >= 0.3 is 5.97 Å². The highest BCUT2D eigenvalue weighted by Crippen LogP contribution is 2.41. The highest BCUT2D eigenvalue weighted by molar-refractivity contribution is 7.85. The average Bonchev–Trinajstić information content (AvgIpc) is 3.50. The van der Waals surface area contributed by atoms with Crippen molar-refractivity contribution in [3.63, 3.8) is 0 Å². The summed E-state index contributed by atoms with van der Waals surface area (Å²) in [6.45, 7) is 0.257. The molecule has 1 aliphatic rings. The number of hydrogen-bond acceptors (Lipinski definition) is 7. The van der Waals surface area contributed by atoms with E-state index in [1.807, 2.05) is 71.3 Å². The second kappa shape index (κ2) is 12.4. The maximum atomic E-state index is 11.5. The van der Waals surface area contributed by atoms with E-state index in [0.717, 1.165) is 26.4 Å². The van der Waals surface area contributed by atoms with Crippen LogP contribution < -0.4 is 14.2 Å². The van der Waals surface area contributed by atoms with Crippen LogP contribution >= 0.6 is 11.3 Å². The molecule has 1 aromatic heterocycles. The van der Waals surface area contributed by atoms with Gasteiger partial charge in [-0.15, -0.1) is 0 Å². The van der Waals surface area contributed by atoms with E-state index in [1.54, 1.807) is 35.3 Å². The number of anilines is 1. The fraction of sp³-hybridized carbons (Fsp3) is 0.129. The first kappa shape index (κ1) is 28.8. The minimum absolute atomic E-state index is 0.00433. The molecule has 0 saturated heterocycles. The van der Waals surface area contributed by atoms with Gasteiger partial charge in [0.2, 0.25) is 11.4 Å². The number of carbonyl (C=O) groups is 1. The number of aryl methyl sites for hydroxylation is 1. The molecule has 11 heteroatoms. The van der Waals surface area contributed by atoms with Gasteiger partial charge in [0.1, 0.15) is 11.1 Å². The third-order valence-electron chi connectivity index (χ3n) is 6.52. The molecule has 3 aromatic carbocycles. The number of carboxylic acid groups (broad SMARTS) is 1. The van der Waals surface area contributed by atoms with Crippen molar-refractivity contribution in [1.82, 2.24) is 0 Å². The van der Waals surface area contributed by atoms with Gasteiger partial charge in [-0.1, -0.05) is 66.0 Å². The van der Waals surface area contributed by atoms with Gasteiger partial charge in [-0.05, 0) is 41.5 Å². The number of thiazole rings is 1. The predicted molar refractivity (Wildman–Crippen MR) is 162 cm³/mol. The standard InChI is InChI=1S/C31H25N3O6S2/c32-21-22-11-14-28-26(19-22)34(16-15-31(35)36)30(41-28)10-6-2-5-9-29-33(17-18-42(37,38)39)25-20-24(12-13-27(25)40-29)23-7-3-1-4-8-23/h1-14,19-20H,15-18H2,(H-,35,36,37,38,39)/p+1. The smallest absolute Gasteiger partial charge is 0.309 e. The van der Waals surface area contributed by atoms with Crippen molar-refractivity contribution in [3.8, 4) is 22.9 Å². The lowest BCUT2D eigenvalue weighted by atomic mass is 10.0. The number of fused-ring (bicyclic) bond motifs is 2. The van der Waals surface area contributed by atoms with Gasteiger partial charge < -0.3 is 14.7 Å². The first-order valence-corrected chi connectivity index (χ1v) is 15.4. The van der Waals surface area contributed by atoms with Crippen molar-refractivity contribution in [2.75, 3.05) is 17.2 Å². The zero-order valence-corrected chi connectivity index (χ0v) is 23.9. The number of ether oxygens (including phenoxy) is 1. The number of carboxylic acids is 1. The van der Waals surface area contributed by atoms with Crippen molar-refractivity contribution in [3.05, 3.63) is 107 Å². The Morgan fingerprint density at radius 1 is 1.05 bits per heavy atom. The first-order chi connectivity index (χ1) is 20.2. The lowest BCUT2D eigenvalue weighted by molar-refractivity contribution is -0.667. The molecule has 0 aliphatic carbocycles.